The summed E-state index contributed by atoms with van der Waals surface area (Å²) in [6, 6.07) is 3.86. The lowest BCUT2D eigenvalue weighted by Crippen LogP contribution is -2.66. The number of amides is 3. The van der Waals surface area contributed by atoms with E-state index in [2.05, 4.69) is 4.90 Å². The minimum Gasteiger partial charge on any atom is -0.460 e. The van der Waals surface area contributed by atoms with Crippen molar-refractivity contribution in [2.24, 2.45) is 5.92 Å². The molecule has 1 aromatic rings. The normalized spacial score (nSPS) is 26.6. The molecule has 35 heavy (non-hydrogen) atoms. The van der Waals surface area contributed by atoms with Crippen molar-refractivity contribution >= 4 is 18.4 Å². The van der Waals surface area contributed by atoms with Gasteiger partial charge in [-0.1, -0.05) is 12.1 Å². The Morgan fingerprint density at radius 1 is 1.17 bits per heavy atom. The number of urea groups is 1. The quantitative estimate of drug-likeness (QED) is 0.426. The first-order valence-corrected chi connectivity index (χ1v) is 11.9. The minimum absolute atomic E-state index is 0.159. The number of likely N-dealkylation sites (N-methyl/N-ethyl adjacent to an activating group) is 1. The highest BCUT2D eigenvalue weighted by molar-refractivity contribution is 6.07. The molecule has 11 heteroatoms. The minimum atomic E-state index is -4.47. The van der Waals surface area contributed by atoms with E-state index in [0.717, 1.165) is 36.4 Å². The van der Waals surface area contributed by atoms with Gasteiger partial charge >= 0.3 is 12.2 Å². The number of nitrogens with zero attached hydrogens (tertiary/aromatic N) is 3. The van der Waals surface area contributed by atoms with Crippen molar-refractivity contribution < 1.29 is 37.0 Å². The summed E-state index contributed by atoms with van der Waals surface area (Å²) in [5.41, 5.74) is -1.73. The Morgan fingerprint density at radius 3 is 2.46 bits per heavy atom. The Bertz CT molecular complexity index is 935. The highest BCUT2D eigenvalue weighted by Gasteiger charge is 2.63. The number of hydrogen-bond acceptors (Lipinski definition) is 6. The molecule has 4 rings (SSSR count). The highest BCUT2D eigenvalue weighted by Crippen LogP contribution is 2.40. The van der Waals surface area contributed by atoms with Gasteiger partial charge in [-0.05, 0) is 49.8 Å². The van der Waals surface area contributed by atoms with Gasteiger partial charge in [0, 0.05) is 39.4 Å². The van der Waals surface area contributed by atoms with Crippen LogP contribution in [0, 0.1) is 5.92 Å². The van der Waals surface area contributed by atoms with Gasteiger partial charge in [-0.3, -0.25) is 19.4 Å². The third-order valence-corrected chi connectivity index (χ3v) is 7.34. The molecule has 1 aromatic carbocycles. The van der Waals surface area contributed by atoms with E-state index in [0.29, 0.717) is 50.7 Å². The molecule has 0 saturated carbocycles. The molecule has 2 atom stereocenters. The molecule has 0 radical (unpaired) electrons. The third kappa shape index (κ3) is 4.88. The van der Waals surface area contributed by atoms with E-state index in [1.807, 2.05) is 0 Å². The maximum absolute atomic E-state index is 13.7. The number of imide groups is 1. The SMILES string of the molecule is CCN1C(=O)N(Cc2ccc(C(F)(F)F)cc2)C(=O)C12CCN(CC1CCOCC1)CC2OC=O. The lowest BCUT2D eigenvalue weighted by Gasteiger charge is -2.47. The van der Waals surface area contributed by atoms with Gasteiger partial charge < -0.3 is 14.4 Å². The second-order valence-electron chi connectivity index (χ2n) is 9.32. The predicted octanol–water partition coefficient (Wildman–Crippen LogP) is 2.90. The zero-order chi connectivity index (χ0) is 25.2. The molecule has 3 saturated heterocycles. The largest absolute Gasteiger partial charge is 0.460 e. The summed E-state index contributed by atoms with van der Waals surface area (Å²) >= 11 is 0. The molecule has 0 N–H and O–H groups in total. The van der Waals surface area contributed by atoms with Gasteiger partial charge in [-0.15, -0.1) is 0 Å². The molecule has 8 nitrogen and oxygen atoms in total. The molecule has 2 unspecified atom stereocenters. The van der Waals surface area contributed by atoms with Gasteiger partial charge in [-0.25, -0.2) is 4.79 Å². The summed E-state index contributed by atoms with van der Waals surface area (Å²) in [7, 11) is 0. The van der Waals surface area contributed by atoms with Gasteiger partial charge in [0.25, 0.3) is 12.4 Å². The molecule has 3 aliphatic rings. The Hall–Kier alpha value is -2.66. The third-order valence-electron chi connectivity index (χ3n) is 7.34. The summed E-state index contributed by atoms with van der Waals surface area (Å²) in [5.74, 6) is -0.0316. The van der Waals surface area contributed by atoms with Crippen LogP contribution >= 0.6 is 0 Å². The van der Waals surface area contributed by atoms with Crippen LogP contribution in [0.3, 0.4) is 0 Å². The molecule has 1 spiro atoms. The number of piperidine rings is 1. The second kappa shape index (κ2) is 10.1. The van der Waals surface area contributed by atoms with Gasteiger partial charge in [0.05, 0.1) is 12.1 Å². The number of ether oxygens (including phenoxy) is 2. The number of likely N-dealkylation sites (tertiary alicyclic amines) is 1. The number of hydrogen-bond donors (Lipinski definition) is 0. The van der Waals surface area contributed by atoms with Crippen molar-refractivity contribution in [3.63, 3.8) is 0 Å². The number of halogens is 3. The van der Waals surface area contributed by atoms with E-state index in [9.17, 15) is 27.6 Å². The van der Waals surface area contributed by atoms with Crippen LogP contribution in [0.25, 0.3) is 0 Å². The smallest absolute Gasteiger partial charge is 0.416 e. The maximum atomic E-state index is 13.7. The van der Waals surface area contributed by atoms with Crippen LogP contribution in [-0.4, -0.2) is 84.1 Å². The van der Waals surface area contributed by atoms with Crippen molar-refractivity contribution in [3.05, 3.63) is 35.4 Å². The van der Waals surface area contributed by atoms with Crippen LogP contribution in [0.4, 0.5) is 18.0 Å². The average molecular weight is 498 g/mol. The Kier molecular flexibility index (Phi) is 7.37. The van der Waals surface area contributed by atoms with Crippen molar-refractivity contribution in [1.82, 2.24) is 14.7 Å². The zero-order valence-electron chi connectivity index (χ0n) is 19.6. The first-order valence-electron chi connectivity index (χ1n) is 11.9. The standard InChI is InChI=1S/C24H30F3N3O5/c1-2-30-22(33)29(14-17-3-5-19(6-4-17)24(25,26)27)21(32)23(30)9-10-28(15-20(23)35-16-31)13-18-7-11-34-12-8-18/h3-6,16,18,20H,2,7-15H2,1H3. The fraction of sp³-hybridized carbons (Fsp3) is 0.625. The summed E-state index contributed by atoms with van der Waals surface area (Å²) in [6.45, 7) is 5.23. The molecule has 3 aliphatic heterocycles. The molecule has 0 aliphatic carbocycles. The molecule has 3 fully saturated rings. The highest BCUT2D eigenvalue weighted by atomic mass is 19.4. The van der Waals surface area contributed by atoms with Crippen molar-refractivity contribution in [2.45, 2.75) is 50.6 Å². The number of alkyl halides is 3. The summed E-state index contributed by atoms with van der Waals surface area (Å²) in [4.78, 5) is 43.1. The number of carbonyl (C=O) groups excluding carboxylic acids is 3. The lowest BCUT2D eigenvalue weighted by atomic mass is 9.82. The van der Waals surface area contributed by atoms with Gasteiger partial charge in [0.2, 0.25) is 0 Å². The molecule has 3 heterocycles. The number of rotatable bonds is 7. The number of benzene rings is 1. The van der Waals surface area contributed by atoms with Crippen molar-refractivity contribution in [1.29, 1.82) is 0 Å². The van der Waals surface area contributed by atoms with Crippen LogP contribution in [0.1, 0.15) is 37.3 Å². The molecule has 3 amide bonds. The number of carbonyl (C=O) groups is 3. The van der Waals surface area contributed by atoms with Crippen molar-refractivity contribution in [3.8, 4) is 0 Å². The predicted molar refractivity (Wildman–Crippen MR) is 118 cm³/mol. The van der Waals surface area contributed by atoms with E-state index in [4.69, 9.17) is 9.47 Å². The van der Waals surface area contributed by atoms with Crippen LogP contribution in [0.2, 0.25) is 0 Å². The topological polar surface area (TPSA) is 79.4 Å². The molecular formula is C24H30F3N3O5. The van der Waals surface area contributed by atoms with Crippen LogP contribution in [0.15, 0.2) is 24.3 Å². The van der Waals surface area contributed by atoms with E-state index in [1.54, 1.807) is 6.92 Å². The molecular weight excluding hydrogens is 467 g/mol. The molecule has 0 bridgehead atoms. The first-order chi connectivity index (χ1) is 16.7. The summed E-state index contributed by atoms with van der Waals surface area (Å²) < 4.78 is 49.6. The zero-order valence-corrected chi connectivity index (χ0v) is 19.6. The van der Waals surface area contributed by atoms with E-state index in [-0.39, 0.29) is 13.1 Å². The van der Waals surface area contributed by atoms with Gasteiger partial charge in [0.15, 0.2) is 5.54 Å². The lowest BCUT2D eigenvalue weighted by molar-refractivity contribution is -0.157. The Labute approximate surface area is 201 Å². The Balaban J connectivity index is 1.54. The maximum Gasteiger partial charge on any atom is 0.416 e. The fourth-order valence-electron chi connectivity index (χ4n) is 5.49. The van der Waals surface area contributed by atoms with Gasteiger partial charge in [-0.2, -0.15) is 13.2 Å². The van der Waals surface area contributed by atoms with Crippen LogP contribution in [0.5, 0.6) is 0 Å². The Morgan fingerprint density at radius 2 is 1.86 bits per heavy atom. The van der Waals surface area contributed by atoms with Gasteiger partial charge in [0.1, 0.15) is 6.10 Å². The molecule has 0 aromatic heterocycles. The van der Waals surface area contributed by atoms with E-state index in [1.165, 1.54) is 17.0 Å². The van der Waals surface area contributed by atoms with E-state index < -0.39 is 35.3 Å². The van der Waals surface area contributed by atoms with Crippen LogP contribution in [-0.2, 0) is 31.8 Å². The second-order valence-corrected chi connectivity index (χ2v) is 9.32. The molecule has 192 valence electrons. The van der Waals surface area contributed by atoms with Crippen LogP contribution < -0.4 is 0 Å². The summed E-state index contributed by atoms with van der Waals surface area (Å²) in [6.07, 6.45) is -3.13. The summed E-state index contributed by atoms with van der Waals surface area (Å²) in [5, 5.41) is 0. The van der Waals surface area contributed by atoms with Crippen molar-refractivity contribution in [2.75, 3.05) is 39.4 Å². The fourth-order valence-corrected chi connectivity index (χ4v) is 5.49. The first kappa shape index (κ1) is 25.4. The monoisotopic (exact) mass is 497 g/mol. The average Bonchev–Trinajstić information content (AvgIpc) is 3.03. The van der Waals surface area contributed by atoms with E-state index >= 15 is 0 Å².